The van der Waals surface area contributed by atoms with Crippen molar-refractivity contribution in [3.63, 3.8) is 0 Å². The van der Waals surface area contributed by atoms with Crippen LogP contribution in [0.1, 0.15) is 50.5 Å². The van der Waals surface area contributed by atoms with Crippen LogP contribution < -0.4 is 0 Å². The topological polar surface area (TPSA) is 40.6 Å². The number of piperidine rings is 1. The van der Waals surface area contributed by atoms with E-state index in [-0.39, 0.29) is 5.91 Å². The molecule has 25 heavy (non-hydrogen) atoms. The Bertz CT molecular complexity index is 559. The maximum atomic E-state index is 12.4. The number of carbonyl (C=O) groups is 2. The van der Waals surface area contributed by atoms with Crippen LogP contribution in [0.15, 0.2) is 30.3 Å². The van der Waals surface area contributed by atoms with E-state index >= 15 is 0 Å². The maximum Gasteiger partial charge on any atom is 0.222 e. The number of rotatable bonds is 6. The van der Waals surface area contributed by atoms with Gasteiger partial charge in [-0.3, -0.25) is 9.59 Å². The summed E-state index contributed by atoms with van der Waals surface area (Å²) in [4.78, 5) is 28.6. The van der Waals surface area contributed by atoms with Crippen LogP contribution in [0.2, 0.25) is 0 Å². The van der Waals surface area contributed by atoms with Gasteiger partial charge in [-0.05, 0) is 50.0 Å². The second kappa shape index (κ2) is 9.02. The van der Waals surface area contributed by atoms with Crippen LogP contribution in [0.4, 0.5) is 0 Å². The minimum absolute atomic E-state index is 0.278. The lowest BCUT2D eigenvalue weighted by molar-refractivity contribution is -0.133. The van der Waals surface area contributed by atoms with E-state index in [1.807, 2.05) is 28.0 Å². The Kier molecular flexibility index (Phi) is 6.48. The first-order chi connectivity index (χ1) is 12.2. The lowest BCUT2D eigenvalue weighted by Gasteiger charge is -2.32. The van der Waals surface area contributed by atoms with Gasteiger partial charge in [-0.15, -0.1) is 0 Å². The van der Waals surface area contributed by atoms with Crippen LogP contribution in [0.25, 0.3) is 0 Å². The van der Waals surface area contributed by atoms with Gasteiger partial charge in [0.15, 0.2) is 0 Å². The van der Waals surface area contributed by atoms with Gasteiger partial charge in [0.25, 0.3) is 0 Å². The quantitative estimate of drug-likeness (QED) is 0.796. The van der Waals surface area contributed by atoms with Gasteiger partial charge < -0.3 is 9.80 Å². The summed E-state index contributed by atoms with van der Waals surface area (Å²) in [7, 11) is 0. The Morgan fingerprint density at radius 1 is 0.880 bits per heavy atom. The van der Waals surface area contributed by atoms with E-state index < -0.39 is 0 Å². The van der Waals surface area contributed by atoms with Gasteiger partial charge in [0.2, 0.25) is 11.8 Å². The molecule has 1 aromatic carbocycles. The second-order valence-corrected chi connectivity index (χ2v) is 7.46. The van der Waals surface area contributed by atoms with Gasteiger partial charge in [0.1, 0.15) is 0 Å². The third kappa shape index (κ3) is 5.32. The molecule has 0 saturated carbocycles. The summed E-state index contributed by atoms with van der Waals surface area (Å²) in [6.07, 6.45) is 7.45. The van der Waals surface area contributed by atoms with Crippen LogP contribution in [0, 0.1) is 5.92 Å². The molecule has 0 bridgehead atoms. The summed E-state index contributed by atoms with van der Waals surface area (Å²) in [5, 5.41) is 0. The van der Waals surface area contributed by atoms with E-state index in [0.717, 1.165) is 64.7 Å². The minimum atomic E-state index is 0.278. The molecule has 0 spiro atoms. The highest BCUT2D eigenvalue weighted by atomic mass is 16.2. The molecule has 2 fully saturated rings. The molecule has 0 N–H and O–H groups in total. The highest BCUT2D eigenvalue weighted by molar-refractivity contribution is 5.77. The van der Waals surface area contributed by atoms with Crippen LogP contribution in [0.3, 0.4) is 0 Å². The van der Waals surface area contributed by atoms with E-state index in [9.17, 15) is 9.59 Å². The molecule has 3 rings (SSSR count). The summed E-state index contributed by atoms with van der Waals surface area (Å²) in [6, 6.07) is 10.4. The average molecular weight is 342 g/mol. The van der Waals surface area contributed by atoms with Crippen molar-refractivity contribution in [1.82, 2.24) is 9.80 Å². The van der Waals surface area contributed by atoms with Gasteiger partial charge in [-0.1, -0.05) is 30.3 Å². The third-order valence-electron chi connectivity index (χ3n) is 5.59. The predicted octanol–water partition coefficient (Wildman–Crippen LogP) is 3.26. The zero-order chi connectivity index (χ0) is 17.5. The van der Waals surface area contributed by atoms with Crippen LogP contribution in [0.5, 0.6) is 0 Å². The van der Waals surface area contributed by atoms with Crippen LogP contribution in [-0.2, 0) is 16.0 Å². The number of hydrogen-bond acceptors (Lipinski definition) is 2. The van der Waals surface area contributed by atoms with Crippen molar-refractivity contribution < 1.29 is 9.59 Å². The number of amides is 2. The highest BCUT2D eigenvalue weighted by Crippen LogP contribution is 2.23. The fraction of sp³-hybridized carbons (Fsp3) is 0.619. The molecule has 4 nitrogen and oxygen atoms in total. The second-order valence-electron chi connectivity index (χ2n) is 7.46. The predicted molar refractivity (Wildman–Crippen MR) is 99.1 cm³/mol. The summed E-state index contributed by atoms with van der Waals surface area (Å²) in [6.45, 7) is 3.53. The first-order valence-corrected chi connectivity index (χ1v) is 9.82. The van der Waals surface area contributed by atoms with E-state index in [2.05, 4.69) is 12.1 Å². The molecular weight excluding hydrogens is 312 g/mol. The van der Waals surface area contributed by atoms with Crippen molar-refractivity contribution in [3.8, 4) is 0 Å². The van der Waals surface area contributed by atoms with Gasteiger partial charge in [-0.25, -0.2) is 0 Å². The Hall–Kier alpha value is -1.84. The largest absolute Gasteiger partial charge is 0.343 e. The molecule has 2 aliphatic heterocycles. The molecule has 0 atom stereocenters. The SMILES string of the molecule is O=C(CCCc1ccccc1)N1CCC(CC(=O)N2CCCC2)CC1. The van der Waals surface area contributed by atoms with E-state index in [1.54, 1.807) is 0 Å². The summed E-state index contributed by atoms with van der Waals surface area (Å²) in [5.41, 5.74) is 1.30. The van der Waals surface area contributed by atoms with Crippen molar-refractivity contribution in [1.29, 1.82) is 0 Å². The van der Waals surface area contributed by atoms with E-state index in [4.69, 9.17) is 0 Å². The van der Waals surface area contributed by atoms with Crippen LogP contribution in [-0.4, -0.2) is 47.8 Å². The molecule has 136 valence electrons. The van der Waals surface area contributed by atoms with Crippen molar-refractivity contribution in [2.24, 2.45) is 5.92 Å². The van der Waals surface area contributed by atoms with Crippen molar-refractivity contribution in [2.75, 3.05) is 26.2 Å². The van der Waals surface area contributed by atoms with Gasteiger partial charge in [-0.2, -0.15) is 0 Å². The molecule has 1 aromatic rings. The first-order valence-electron chi connectivity index (χ1n) is 9.82. The number of aryl methyl sites for hydroxylation is 1. The fourth-order valence-corrected chi connectivity index (χ4v) is 3.98. The number of hydrogen-bond donors (Lipinski definition) is 0. The third-order valence-corrected chi connectivity index (χ3v) is 5.59. The minimum Gasteiger partial charge on any atom is -0.343 e. The smallest absolute Gasteiger partial charge is 0.222 e. The molecule has 2 amide bonds. The van der Waals surface area contributed by atoms with E-state index in [0.29, 0.717) is 24.7 Å². The summed E-state index contributed by atoms with van der Waals surface area (Å²) >= 11 is 0. The molecule has 4 heteroatoms. The Labute approximate surface area is 151 Å². The molecule has 0 aromatic heterocycles. The fourth-order valence-electron chi connectivity index (χ4n) is 3.98. The molecule has 2 saturated heterocycles. The number of nitrogens with zero attached hydrogens (tertiary/aromatic N) is 2. The normalized spacial score (nSPS) is 18.6. The van der Waals surface area contributed by atoms with Gasteiger partial charge >= 0.3 is 0 Å². The van der Waals surface area contributed by atoms with Crippen molar-refractivity contribution in [3.05, 3.63) is 35.9 Å². The zero-order valence-electron chi connectivity index (χ0n) is 15.2. The molecule has 2 aliphatic rings. The number of likely N-dealkylation sites (tertiary alicyclic amines) is 2. The summed E-state index contributed by atoms with van der Waals surface area (Å²) < 4.78 is 0. The van der Waals surface area contributed by atoms with Crippen LogP contribution >= 0.6 is 0 Å². The first kappa shape index (κ1) is 18.0. The van der Waals surface area contributed by atoms with Crippen molar-refractivity contribution >= 4 is 11.8 Å². The highest BCUT2D eigenvalue weighted by Gasteiger charge is 2.26. The van der Waals surface area contributed by atoms with Gasteiger partial charge in [0, 0.05) is 39.0 Å². The summed E-state index contributed by atoms with van der Waals surface area (Å²) in [5.74, 6) is 1.06. The maximum absolute atomic E-state index is 12.4. The van der Waals surface area contributed by atoms with Gasteiger partial charge in [0.05, 0.1) is 0 Å². The molecule has 2 heterocycles. The number of benzene rings is 1. The lowest BCUT2D eigenvalue weighted by Crippen LogP contribution is -2.40. The Balaban J connectivity index is 1.33. The Morgan fingerprint density at radius 3 is 2.20 bits per heavy atom. The monoisotopic (exact) mass is 342 g/mol. The molecule has 0 unspecified atom stereocenters. The standard InChI is InChI=1S/C21H30N2O2/c24-20(10-6-9-18-7-2-1-3-8-18)23-15-11-19(12-16-23)17-21(25)22-13-4-5-14-22/h1-3,7-8,19H,4-6,9-17H2. The lowest BCUT2D eigenvalue weighted by atomic mass is 9.92. The molecule has 0 radical (unpaired) electrons. The zero-order valence-corrected chi connectivity index (χ0v) is 15.2. The van der Waals surface area contributed by atoms with E-state index in [1.165, 1.54) is 5.56 Å². The van der Waals surface area contributed by atoms with Crippen molar-refractivity contribution in [2.45, 2.75) is 51.4 Å². The molecular formula is C21H30N2O2. The number of carbonyl (C=O) groups excluding carboxylic acids is 2. The molecule has 0 aliphatic carbocycles. The average Bonchev–Trinajstić information content (AvgIpc) is 3.18. The Morgan fingerprint density at radius 2 is 1.52 bits per heavy atom.